The van der Waals surface area contributed by atoms with Crippen LogP contribution in [0.4, 0.5) is 0 Å². The van der Waals surface area contributed by atoms with Gasteiger partial charge < -0.3 is 15.0 Å². The molecule has 0 unspecified atom stereocenters. The molecule has 1 amide bonds. The van der Waals surface area contributed by atoms with E-state index in [1.165, 1.54) is 4.90 Å². The smallest absolute Gasteiger partial charge is 0.268 e. The minimum Gasteiger partial charge on any atom is -0.411 e. The molecule has 0 rings (SSSR count). The molecule has 0 radical (unpaired) electrons. The van der Waals surface area contributed by atoms with E-state index in [9.17, 15) is 4.79 Å². The lowest BCUT2D eigenvalue weighted by molar-refractivity contribution is -0.122. The Balaban J connectivity index is 3.61. The van der Waals surface area contributed by atoms with Crippen molar-refractivity contribution >= 4 is 12.1 Å². The van der Waals surface area contributed by atoms with Crippen molar-refractivity contribution in [1.29, 1.82) is 0 Å². The van der Waals surface area contributed by atoms with Crippen molar-refractivity contribution in [3.63, 3.8) is 0 Å². The molecule has 0 fully saturated rings. The van der Waals surface area contributed by atoms with Gasteiger partial charge in [-0.25, -0.2) is 0 Å². The average molecular weight is 187 g/mol. The van der Waals surface area contributed by atoms with Crippen LogP contribution in [0, 0.1) is 0 Å². The molecule has 76 valence electrons. The summed E-state index contributed by atoms with van der Waals surface area (Å²) in [5.74, 6) is -0.277. The number of hydrogen-bond acceptors (Lipinski definition) is 4. The fourth-order valence-corrected chi connectivity index (χ4v) is 0.882. The third kappa shape index (κ3) is 6.10. The minimum atomic E-state index is -0.277. The predicted molar refractivity (Wildman–Crippen MR) is 51.1 cm³/mol. The van der Waals surface area contributed by atoms with E-state index in [-0.39, 0.29) is 5.91 Å². The van der Waals surface area contributed by atoms with E-state index in [0.29, 0.717) is 6.54 Å². The fraction of sp³-hybridized carbons (Fsp3) is 0.750. The largest absolute Gasteiger partial charge is 0.411 e. The Bertz CT molecular complexity index is 180. The molecule has 0 aromatic carbocycles. The van der Waals surface area contributed by atoms with Gasteiger partial charge in [-0.3, -0.25) is 4.79 Å². The van der Waals surface area contributed by atoms with Crippen LogP contribution in [0.15, 0.2) is 5.16 Å². The molecule has 0 saturated carbocycles. The number of amides is 1. The number of oxime groups is 1. The van der Waals surface area contributed by atoms with Gasteiger partial charge in [0.2, 0.25) is 0 Å². The Morgan fingerprint density at radius 1 is 1.38 bits per heavy atom. The van der Waals surface area contributed by atoms with E-state index in [1.807, 2.05) is 14.1 Å². The van der Waals surface area contributed by atoms with Crippen LogP contribution in [0.5, 0.6) is 0 Å². The first kappa shape index (κ1) is 11.9. The van der Waals surface area contributed by atoms with Crippen molar-refractivity contribution in [2.45, 2.75) is 6.42 Å². The Labute approximate surface area is 78.6 Å². The van der Waals surface area contributed by atoms with Crippen LogP contribution >= 0.6 is 0 Å². The maximum atomic E-state index is 11.0. The van der Waals surface area contributed by atoms with Crippen LogP contribution in [-0.4, -0.2) is 61.4 Å². The first-order valence-corrected chi connectivity index (χ1v) is 4.15. The lowest BCUT2D eigenvalue weighted by atomic mass is 10.3. The monoisotopic (exact) mass is 187 g/mol. The topological polar surface area (TPSA) is 56.1 Å². The summed E-state index contributed by atoms with van der Waals surface area (Å²) in [5, 5.41) is 10.8. The van der Waals surface area contributed by atoms with Gasteiger partial charge in [0.05, 0.1) is 0 Å². The van der Waals surface area contributed by atoms with Crippen LogP contribution in [0.3, 0.4) is 0 Å². The molecule has 0 aliphatic rings. The van der Waals surface area contributed by atoms with Gasteiger partial charge in [0.25, 0.3) is 5.91 Å². The molecule has 5 heteroatoms. The lowest BCUT2D eigenvalue weighted by Crippen LogP contribution is -2.30. The van der Waals surface area contributed by atoms with E-state index in [0.717, 1.165) is 19.2 Å². The molecule has 13 heavy (non-hydrogen) atoms. The Morgan fingerprint density at radius 2 is 2.00 bits per heavy atom. The summed E-state index contributed by atoms with van der Waals surface area (Å²) >= 11 is 0. The number of nitrogens with zero attached hydrogens (tertiary/aromatic N) is 3. The number of carbonyl (C=O) groups excluding carboxylic acids is 1. The van der Waals surface area contributed by atoms with E-state index in [1.54, 1.807) is 7.05 Å². The number of carbonyl (C=O) groups is 1. The molecule has 0 aliphatic carbocycles. The zero-order valence-electron chi connectivity index (χ0n) is 8.40. The van der Waals surface area contributed by atoms with Crippen LogP contribution in [0.2, 0.25) is 0 Å². The molecule has 0 saturated heterocycles. The molecule has 0 heterocycles. The maximum absolute atomic E-state index is 11.0. The highest BCUT2D eigenvalue weighted by Gasteiger charge is 2.04. The van der Waals surface area contributed by atoms with Crippen molar-refractivity contribution in [3.8, 4) is 0 Å². The lowest BCUT2D eigenvalue weighted by Gasteiger charge is -2.16. The van der Waals surface area contributed by atoms with Crippen molar-refractivity contribution in [2.24, 2.45) is 5.16 Å². The fourth-order valence-electron chi connectivity index (χ4n) is 0.882. The van der Waals surface area contributed by atoms with Gasteiger partial charge in [-0.1, -0.05) is 5.16 Å². The van der Waals surface area contributed by atoms with Crippen LogP contribution < -0.4 is 0 Å². The van der Waals surface area contributed by atoms with Crippen molar-refractivity contribution < 1.29 is 10.0 Å². The van der Waals surface area contributed by atoms with Gasteiger partial charge in [0, 0.05) is 13.6 Å². The molecule has 0 aliphatic heterocycles. The standard InChI is InChI=1S/C8H17N3O2/c1-10(2)5-4-6-11(3)8(12)7-9-13/h7,13H,4-6H2,1-3H3/b9-7-. The second-order valence-electron chi connectivity index (χ2n) is 3.16. The molecule has 0 aromatic heterocycles. The molecular formula is C8H17N3O2. The van der Waals surface area contributed by atoms with E-state index in [4.69, 9.17) is 5.21 Å². The molecule has 0 spiro atoms. The summed E-state index contributed by atoms with van der Waals surface area (Å²) in [6, 6.07) is 0. The van der Waals surface area contributed by atoms with Crippen molar-refractivity contribution in [1.82, 2.24) is 9.80 Å². The summed E-state index contributed by atoms with van der Waals surface area (Å²) in [6.07, 6.45) is 1.81. The minimum absolute atomic E-state index is 0.277. The maximum Gasteiger partial charge on any atom is 0.268 e. The Hall–Kier alpha value is -1.10. The third-order valence-corrected chi connectivity index (χ3v) is 1.64. The number of rotatable bonds is 5. The van der Waals surface area contributed by atoms with Gasteiger partial charge in [-0.2, -0.15) is 0 Å². The highest BCUT2D eigenvalue weighted by atomic mass is 16.4. The first-order valence-electron chi connectivity index (χ1n) is 4.15. The normalized spacial score (nSPS) is 11.1. The van der Waals surface area contributed by atoms with Crippen LogP contribution in [-0.2, 0) is 4.79 Å². The van der Waals surface area contributed by atoms with Crippen molar-refractivity contribution in [3.05, 3.63) is 0 Å². The zero-order valence-corrected chi connectivity index (χ0v) is 8.40. The zero-order chi connectivity index (χ0) is 10.3. The first-order chi connectivity index (χ1) is 6.07. The van der Waals surface area contributed by atoms with Gasteiger partial charge in [-0.15, -0.1) is 0 Å². The van der Waals surface area contributed by atoms with E-state index < -0.39 is 0 Å². The summed E-state index contributed by atoms with van der Waals surface area (Å²) in [6.45, 7) is 1.61. The van der Waals surface area contributed by atoms with E-state index >= 15 is 0 Å². The molecule has 0 bridgehead atoms. The second-order valence-corrected chi connectivity index (χ2v) is 3.16. The highest BCUT2D eigenvalue weighted by Crippen LogP contribution is 1.89. The van der Waals surface area contributed by atoms with Gasteiger partial charge in [0.1, 0.15) is 6.21 Å². The van der Waals surface area contributed by atoms with Gasteiger partial charge in [-0.05, 0) is 27.1 Å². The van der Waals surface area contributed by atoms with Crippen molar-refractivity contribution in [2.75, 3.05) is 34.2 Å². The highest BCUT2D eigenvalue weighted by molar-refractivity contribution is 6.25. The van der Waals surface area contributed by atoms with Crippen LogP contribution in [0.1, 0.15) is 6.42 Å². The Morgan fingerprint density at radius 3 is 2.46 bits per heavy atom. The second kappa shape index (κ2) is 6.42. The van der Waals surface area contributed by atoms with Crippen LogP contribution in [0.25, 0.3) is 0 Å². The van der Waals surface area contributed by atoms with E-state index in [2.05, 4.69) is 10.1 Å². The average Bonchev–Trinajstić information content (AvgIpc) is 2.04. The summed E-state index contributed by atoms with van der Waals surface area (Å²) in [5.41, 5.74) is 0. The summed E-state index contributed by atoms with van der Waals surface area (Å²) < 4.78 is 0. The third-order valence-electron chi connectivity index (χ3n) is 1.64. The molecule has 0 aromatic rings. The molecular weight excluding hydrogens is 170 g/mol. The van der Waals surface area contributed by atoms with Gasteiger partial charge in [0.15, 0.2) is 0 Å². The number of hydrogen-bond donors (Lipinski definition) is 1. The molecule has 1 N–H and O–H groups in total. The molecule has 5 nitrogen and oxygen atoms in total. The summed E-state index contributed by atoms with van der Waals surface area (Å²) in [4.78, 5) is 14.6. The SMILES string of the molecule is CN(C)CCCN(C)C(=O)/C=N\O. The molecule has 0 atom stereocenters. The quantitative estimate of drug-likeness (QED) is 0.370. The predicted octanol–water partition coefficient (Wildman–Crippen LogP) is -0.143. The Kier molecular flexibility index (Phi) is 5.88. The summed E-state index contributed by atoms with van der Waals surface area (Å²) in [7, 11) is 5.65. The van der Waals surface area contributed by atoms with Gasteiger partial charge >= 0.3 is 0 Å².